The molecule has 1 aromatic heterocycles. The first kappa shape index (κ1) is 5.88. The zero-order chi connectivity index (χ0) is 7.97. The number of hydrogen-bond acceptors (Lipinski definition) is 3. The number of aromatic nitrogens is 2. The lowest BCUT2D eigenvalue weighted by molar-refractivity contribution is 1.06. The van der Waals surface area contributed by atoms with Crippen LogP contribution in [0.3, 0.4) is 0 Å². The van der Waals surface area contributed by atoms with Crippen molar-refractivity contribution in [2.24, 2.45) is 9.98 Å². The van der Waals surface area contributed by atoms with Gasteiger partial charge in [0.15, 0.2) is 0 Å². The van der Waals surface area contributed by atoms with Crippen LogP contribution in [0.1, 0.15) is 0 Å². The highest BCUT2D eigenvalue weighted by molar-refractivity contribution is 5.73. The minimum atomic E-state index is 0.543. The van der Waals surface area contributed by atoms with Gasteiger partial charge in [0.25, 0.3) is 0 Å². The van der Waals surface area contributed by atoms with E-state index in [1.54, 1.807) is 6.33 Å². The SMILES string of the molecule is c1nc2c3c(ccc2[nH]1)=NCN=3. The number of H-pyrrole nitrogens is 1. The molecule has 0 atom stereocenters. The molecule has 0 saturated heterocycles. The van der Waals surface area contributed by atoms with E-state index in [1.165, 1.54) is 0 Å². The topological polar surface area (TPSA) is 53.4 Å². The molecular weight excluding hydrogens is 152 g/mol. The number of fused-ring (bicyclic) bond motifs is 3. The van der Waals surface area contributed by atoms with E-state index in [0.717, 1.165) is 21.7 Å². The lowest BCUT2D eigenvalue weighted by Crippen LogP contribution is -2.22. The maximum Gasteiger partial charge on any atom is 0.131 e. The van der Waals surface area contributed by atoms with Crippen LogP contribution in [-0.4, -0.2) is 16.6 Å². The Labute approximate surface area is 67.7 Å². The molecular formula is C8H6N4. The first-order valence-electron chi connectivity index (χ1n) is 3.76. The summed E-state index contributed by atoms with van der Waals surface area (Å²) in [5.41, 5.74) is 1.95. The molecule has 2 heterocycles. The van der Waals surface area contributed by atoms with Crippen LogP contribution in [0.2, 0.25) is 0 Å². The molecule has 1 aliphatic heterocycles. The van der Waals surface area contributed by atoms with Gasteiger partial charge in [0.2, 0.25) is 0 Å². The molecule has 4 nitrogen and oxygen atoms in total. The molecule has 0 amide bonds. The predicted molar refractivity (Wildman–Crippen MR) is 43.3 cm³/mol. The molecule has 3 rings (SSSR count). The van der Waals surface area contributed by atoms with Gasteiger partial charge in [-0.05, 0) is 12.1 Å². The standard InChI is InChI=1S/C8H6N4/c1-2-6-8(12-4-10-6)7-5(1)9-3-11-7/h1-3H,4H2,(H,9,11). The van der Waals surface area contributed by atoms with Gasteiger partial charge in [0.05, 0.1) is 17.2 Å². The fourth-order valence-electron chi connectivity index (χ4n) is 1.45. The molecule has 0 spiro atoms. The Morgan fingerprint density at radius 1 is 1.25 bits per heavy atom. The van der Waals surface area contributed by atoms with Crippen LogP contribution in [0.4, 0.5) is 0 Å². The van der Waals surface area contributed by atoms with Crippen molar-refractivity contribution < 1.29 is 0 Å². The Balaban J connectivity index is 2.73. The molecule has 0 saturated carbocycles. The molecule has 1 N–H and O–H groups in total. The summed E-state index contributed by atoms with van der Waals surface area (Å²) in [6.45, 7) is 0.543. The second-order valence-electron chi connectivity index (χ2n) is 2.69. The normalized spacial score (nSPS) is 14.0. The van der Waals surface area contributed by atoms with Crippen LogP contribution in [0.25, 0.3) is 11.0 Å². The van der Waals surface area contributed by atoms with Gasteiger partial charge in [-0.15, -0.1) is 0 Å². The Morgan fingerprint density at radius 2 is 2.25 bits per heavy atom. The summed E-state index contributed by atoms with van der Waals surface area (Å²) in [7, 11) is 0. The van der Waals surface area contributed by atoms with Crippen molar-refractivity contribution in [1.29, 1.82) is 0 Å². The van der Waals surface area contributed by atoms with Crippen LogP contribution >= 0.6 is 0 Å². The van der Waals surface area contributed by atoms with Crippen molar-refractivity contribution in [2.75, 3.05) is 6.67 Å². The quantitative estimate of drug-likeness (QED) is 0.566. The average molecular weight is 158 g/mol. The molecule has 1 aliphatic rings. The average Bonchev–Trinajstić information content (AvgIpc) is 2.71. The smallest absolute Gasteiger partial charge is 0.131 e. The first-order valence-corrected chi connectivity index (χ1v) is 3.76. The van der Waals surface area contributed by atoms with E-state index in [-0.39, 0.29) is 0 Å². The maximum absolute atomic E-state index is 4.25. The van der Waals surface area contributed by atoms with E-state index >= 15 is 0 Å². The highest BCUT2D eigenvalue weighted by Crippen LogP contribution is 2.00. The number of benzene rings is 1. The summed E-state index contributed by atoms with van der Waals surface area (Å²) in [5, 5.41) is 1.88. The molecule has 58 valence electrons. The number of nitrogens with one attached hydrogen (secondary N) is 1. The van der Waals surface area contributed by atoms with Crippen LogP contribution in [0.15, 0.2) is 28.4 Å². The van der Waals surface area contributed by atoms with Crippen LogP contribution in [0, 0.1) is 0 Å². The van der Waals surface area contributed by atoms with Crippen molar-refractivity contribution in [2.45, 2.75) is 0 Å². The number of nitrogens with zero attached hydrogens (tertiary/aromatic N) is 3. The summed E-state index contributed by atoms with van der Waals surface area (Å²) in [6.07, 6.45) is 1.68. The minimum absolute atomic E-state index is 0.543. The van der Waals surface area contributed by atoms with Gasteiger partial charge < -0.3 is 4.98 Å². The zero-order valence-electron chi connectivity index (χ0n) is 6.28. The number of rotatable bonds is 0. The highest BCUT2D eigenvalue weighted by atomic mass is 15.0. The van der Waals surface area contributed by atoms with E-state index < -0.39 is 0 Å². The van der Waals surface area contributed by atoms with Gasteiger partial charge in [-0.25, -0.2) is 4.98 Å². The molecule has 0 radical (unpaired) electrons. The van der Waals surface area contributed by atoms with Crippen molar-refractivity contribution in [1.82, 2.24) is 9.97 Å². The highest BCUT2D eigenvalue weighted by Gasteiger charge is 2.02. The Kier molecular flexibility index (Phi) is 0.935. The molecule has 12 heavy (non-hydrogen) atoms. The summed E-state index contributed by atoms with van der Waals surface area (Å²) in [5.74, 6) is 0. The van der Waals surface area contributed by atoms with Crippen molar-refractivity contribution in [3.05, 3.63) is 29.2 Å². The van der Waals surface area contributed by atoms with E-state index in [0.29, 0.717) is 6.67 Å². The zero-order valence-corrected chi connectivity index (χ0v) is 6.28. The second kappa shape index (κ2) is 1.91. The van der Waals surface area contributed by atoms with Gasteiger partial charge in [-0.2, -0.15) is 0 Å². The Morgan fingerprint density at radius 3 is 3.25 bits per heavy atom. The van der Waals surface area contributed by atoms with Crippen LogP contribution in [-0.2, 0) is 0 Å². The fourth-order valence-corrected chi connectivity index (χ4v) is 1.45. The summed E-state index contributed by atoms with van der Waals surface area (Å²) >= 11 is 0. The molecule has 0 bridgehead atoms. The number of hydrogen-bond donors (Lipinski definition) is 1. The van der Waals surface area contributed by atoms with Gasteiger partial charge in [0.1, 0.15) is 17.5 Å². The molecule has 0 unspecified atom stereocenters. The Bertz CT molecular complexity index is 552. The third-order valence-corrected chi connectivity index (χ3v) is 2.01. The monoisotopic (exact) mass is 158 g/mol. The van der Waals surface area contributed by atoms with E-state index in [1.807, 2.05) is 12.1 Å². The predicted octanol–water partition coefficient (Wildman–Crippen LogP) is -0.227. The molecule has 2 aromatic rings. The number of aromatic amines is 1. The van der Waals surface area contributed by atoms with Gasteiger partial charge >= 0.3 is 0 Å². The van der Waals surface area contributed by atoms with Gasteiger partial charge in [-0.3, -0.25) is 9.98 Å². The maximum atomic E-state index is 4.25. The third-order valence-electron chi connectivity index (χ3n) is 2.01. The lowest BCUT2D eigenvalue weighted by atomic mass is 10.3. The van der Waals surface area contributed by atoms with E-state index in [2.05, 4.69) is 20.0 Å². The van der Waals surface area contributed by atoms with Crippen molar-refractivity contribution in [3.8, 4) is 0 Å². The Hall–Kier alpha value is -1.71. The first-order chi connectivity index (χ1) is 5.95. The minimum Gasteiger partial charge on any atom is -0.345 e. The number of imidazole rings is 1. The molecule has 0 aliphatic carbocycles. The summed E-state index contributed by atoms with van der Waals surface area (Å²) < 4.78 is 0. The molecule has 1 aromatic carbocycles. The van der Waals surface area contributed by atoms with Gasteiger partial charge in [0, 0.05) is 0 Å². The summed E-state index contributed by atoms with van der Waals surface area (Å²) in [4.78, 5) is 15.7. The van der Waals surface area contributed by atoms with Crippen molar-refractivity contribution >= 4 is 11.0 Å². The third kappa shape index (κ3) is 0.592. The fraction of sp³-hybridized carbons (Fsp3) is 0.125. The largest absolute Gasteiger partial charge is 0.345 e. The lowest BCUT2D eigenvalue weighted by Gasteiger charge is -1.84. The van der Waals surface area contributed by atoms with E-state index in [9.17, 15) is 0 Å². The van der Waals surface area contributed by atoms with Crippen molar-refractivity contribution in [3.63, 3.8) is 0 Å². The second-order valence-corrected chi connectivity index (χ2v) is 2.69. The summed E-state index contributed by atoms with van der Waals surface area (Å²) in [6, 6.07) is 3.94. The van der Waals surface area contributed by atoms with Gasteiger partial charge in [-0.1, -0.05) is 0 Å². The van der Waals surface area contributed by atoms with E-state index in [4.69, 9.17) is 0 Å². The van der Waals surface area contributed by atoms with Crippen LogP contribution < -0.4 is 10.7 Å². The van der Waals surface area contributed by atoms with Crippen LogP contribution in [0.5, 0.6) is 0 Å². The molecule has 0 fully saturated rings. The molecule has 4 heteroatoms.